The molecule has 0 aliphatic carbocycles. The summed E-state index contributed by atoms with van der Waals surface area (Å²) in [6, 6.07) is 18.4. The summed E-state index contributed by atoms with van der Waals surface area (Å²) in [5, 5.41) is 5.77. The first-order valence-corrected chi connectivity index (χ1v) is 6.49. The predicted octanol–water partition coefficient (Wildman–Crippen LogP) is 4.74. The molecule has 2 nitrogen and oxygen atoms in total. The Labute approximate surface area is 114 Å². The van der Waals surface area contributed by atoms with Crippen molar-refractivity contribution in [1.82, 2.24) is 4.98 Å². The smallest absolute Gasteiger partial charge is 0.144 e. The van der Waals surface area contributed by atoms with Gasteiger partial charge < -0.3 is 5.32 Å². The second-order valence-electron chi connectivity index (χ2n) is 3.99. The molecule has 0 fully saturated rings. The van der Waals surface area contributed by atoms with E-state index >= 15 is 0 Å². The number of rotatable bonds is 2. The lowest BCUT2D eigenvalue weighted by Crippen LogP contribution is -1.94. The lowest BCUT2D eigenvalue weighted by molar-refractivity contribution is 1.29. The Kier molecular flexibility index (Phi) is 2.99. The molecule has 3 aromatic rings. The van der Waals surface area contributed by atoms with Crippen LogP contribution in [0.5, 0.6) is 0 Å². The Morgan fingerprint density at radius 2 is 1.72 bits per heavy atom. The van der Waals surface area contributed by atoms with E-state index in [9.17, 15) is 0 Å². The zero-order valence-electron chi connectivity index (χ0n) is 9.60. The van der Waals surface area contributed by atoms with Crippen LogP contribution in [0.25, 0.3) is 10.8 Å². The molecule has 88 valence electrons. The molecule has 0 radical (unpaired) electrons. The highest BCUT2D eigenvalue weighted by atomic mass is 79.9. The van der Waals surface area contributed by atoms with E-state index in [0.29, 0.717) is 0 Å². The highest BCUT2D eigenvalue weighted by Crippen LogP contribution is 2.28. The lowest BCUT2D eigenvalue weighted by Gasteiger charge is -2.10. The molecule has 3 heteroatoms. The van der Waals surface area contributed by atoms with Crippen molar-refractivity contribution in [2.24, 2.45) is 0 Å². The zero-order valence-corrected chi connectivity index (χ0v) is 11.2. The van der Waals surface area contributed by atoms with Crippen LogP contribution in [-0.4, -0.2) is 4.98 Å². The van der Waals surface area contributed by atoms with Crippen molar-refractivity contribution in [3.8, 4) is 0 Å². The normalized spacial score (nSPS) is 10.5. The van der Waals surface area contributed by atoms with E-state index in [2.05, 4.69) is 50.5 Å². The fourth-order valence-electron chi connectivity index (χ4n) is 1.94. The summed E-state index contributed by atoms with van der Waals surface area (Å²) < 4.78 is 0.956. The van der Waals surface area contributed by atoms with Gasteiger partial charge in [0.15, 0.2) is 0 Å². The van der Waals surface area contributed by atoms with Crippen LogP contribution in [0.3, 0.4) is 0 Å². The Bertz CT molecular complexity index is 689. The van der Waals surface area contributed by atoms with Gasteiger partial charge in [-0.1, -0.05) is 36.4 Å². The van der Waals surface area contributed by atoms with Gasteiger partial charge >= 0.3 is 0 Å². The summed E-state index contributed by atoms with van der Waals surface area (Å²) in [5.74, 6) is 0.828. The zero-order chi connectivity index (χ0) is 12.4. The maximum atomic E-state index is 4.32. The fourth-order valence-corrected chi connectivity index (χ4v) is 2.29. The molecule has 18 heavy (non-hydrogen) atoms. The second-order valence-corrected chi connectivity index (χ2v) is 4.84. The van der Waals surface area contributed by atoms with E-state index in [1.54, 1.807) is 6.20 Å². The quantitative estimate of drug-likeness (QED) is 0.739. The molecule has 1 aromatic heterocycles. The van der Waals surface area contributed by atoms with Gasteiger partial charge in [0, 0.05) is 17.3 Å². The fraction of sp³-hybridized carbons (Fsp3) is 0. The lowest BCUT2D eigenvalue weighted by atomic mass is 10.1. The summed E-state index contributed by atoms with van der Waals surface area (Å²) in [5.41, 5.74) is 1.06. The minimum atomic E-state index is 0.828. The highest BCUT2D eigenvalue weighted by molar-refractivity contribution is 9.10. The van der Waals surface area contributed by atoms with Crippen LogP contribution in [0.15, 0.2) is 65.3 Å². The van der Waals surface area contributed by atoms with Gasteiger partial charge in [-0.3, -0.25) is 0 Å². The van der Waals surface area contributed by atoms with Crippen LogP contribution in [0.2, 0.25) is 0 Å². The van der Waals surface area contributed by atoms with Crippen molar-refractivity contribution >= 4 is 38.2 Å². The molecule has 1 heterocycles. The molecule has 0 amide bonds. The van der Waals surface area contributed by atoms with Crippen molar-refractivity contribution in [3.63, 3.8) is 0 Å². The molecule has 3 rings (SSSR count). The van der Waals surface area contributed by atoms with Gasteiger partial charge in [0.05, 0.1) is 4.47 Å². The van der Waals surface area contributed by atoms with Gasteiger partial charge in [0.25, 0.3) is 0 Å². The van der Waals surface area contributed by atoms with Gasteiger partial charge in [-0.05, 0) is 39.5 Å². The van der Waals surface area contributed by atoms with Crippen LogP contribution in [0, 0.1) is 0 Å². The first-order chi connectivity index (χ1) is 8.84. The number of nitrogens with zero attached hydrogens (tertiary/aromatic N) is 1. The van der Waals surface area contributed by atoms with Crippen molar-refractivity contribution in [3.05, 3.63) is 65.3 Å². The predicted molar refractivity (Wildman–Crippen MR) is 79.2 cm³/mol. The standard InChI is InChI=1S/C15H11BrN2/c16-13-8-4-10-17-15(13)18-14-9-3-6-11-5-1-2-7-12(11)14/h1-10H,(H,17,18). The molecular weight excluding hydrogens is 288 g/mol. The van der Waals surface area contributed by atoms with Gasteiger partial charge in [0.1, 0.15) is 5.82 Å². The van der Waals surface area contributed by atoms with E-state index in [0.717, 1.165) is 16.0 Å². The Balaban J connectivity index is 2.08. The molecule has 0 aliphatic heterocycles. The average Bonchev–Trinajstić information content (AvgIpc) is 2.42. The number of nitrogens with one attached hydrogen (secondary N) is 1. The number of fused-ring (bicyclic) bond motifs is 1. The van der Waals surface area contributed by atoms with Gasteiger partial charge in [-0.15, -0.1) is 0 Å². The van der Waals surface area contributed by atoms with E-state index < -0.39 is 0 Å². The molecule has 1 N–H and O–H groups in total. The number of aromatic nitrogens is 1. The number of anilines is 2. The first-order valence-electron chi connectivity index (χ1n) is 5.70. The minimum Gasteiger partial charge on any atom is -0.339 e. The van der Waals surface area contributed by atoms with Gasteiger partial charge in [-0.25, -0.2) is 4.98 Å². The van der Waals surface area contributed by atoms with Crippen LogP contribution in [-0.2, 0) is 0 Å². The van der Waals surface area contributed by atoms with Crippen LogP contribution in [0.1, 0.15) is 0 Å². The summed E-state index contributed by atoms with van der Waals surface area (Å²) in [4.78, 5) is 4.32. The number of hydrogen-bond donors (Lipinski definition) is 1. The van der Waals surface area contributed by atoms with E-state index in [1.165, 1.54) is 10.8 Å². The Morgan fingerprint density at radius 1 is 0.889 bits per heavy atom. The summed E-state index contributed by atoms with van der Waals surface area (Å²) in [7, 11) is 0. The van der Waals surface area contributed by atoms with Crippen molar-refractivity contribution < 1.29 is 0 Å². The van der Waals surface area contributed by atoms with Gasteiger partial charge in [0.2, 0.25) is 0 Å². The maximum Gasteiger partial charge on any atom is 0.144 e. The molecule has 0 saturated heterocycles. The third-order valence-electron chi connectivity index (χ3n) is 2.80. The van der Waals surface area contributed by atoms with Crippen LogP contribution < -0.4 is 5.32 Å². The Morgan fingerprint density at radius 3 is 2.61 bits per heavy atom. The third-order valence-corrected chi connectivity index (χ3v) is 3.44. The maximum absolute atomic E-state index is 4.32. The molecule has 0 spiro atoms. The van der Waals surface area contributed by atoms with Crippen LogP contribution >= 0.6 is 15.9 Å². The minimum absolute atomic E-state index is 0.828. The monoisotopic (exact) mass is 298 g/mol. The topological polar surface area (TPSA) is 24.9 Å². The number of benzene rings is 2. The van der Waals surface area contributed by atoms with E-state index in [4.69, 9.17) is 0 Å². The van der Waals surface area contributed by atoms with Crippen molar-refractivity contribution in [2.45, 2.75) is 0 Å². The highest BCUT2D eigenvalue weighted by Gasteiger charge is 2.03. The SMILES string of the molecule is Brc1cccnc1Nc1cccc2ccccc12. The van der Waals surface area contributed by atoms with Gasteiger partial charge in [-0.2, -0.15) is 0 Å². The molecule has 0 unspecified atom stereocenters. The summed E-state index contributed by atoms with van der Waals surface area (Å²) in [6.07, 6.45) is 1.78. The molecule has 0 bridgehead atoms. The second kappa shape index (κ2) is 4.78. The Hall–Kier alpha value is -1.87. The van der Waals surface area contributed by atoms with Crippen LogP contribution in [0.4, 0.5) is 11.5 Å². The van der Waals surface area contributed by atoms with Crippen molar-refractivity contribution in [1.29, 1.82) is 0 Å². The molecule has 0 atom stereocenters. The average molecular weight is 299 g/mol. The van der Waals surface area contributed by atoms with E-state index in [1.807, 2.05) is 30.3 Å². The van der Waals surface area contributed by atoms with E-state index in [-0.39, 0.29) is 0 Å². The van der Waals surface area contributed by atoms with Crippen molar-refractivity contribution in [2.75, 3.05) is 5.32 Å². The summed E-state index contributed by atoms with van der Waals surface area (Å²) >= 11 is 3.49. The number of pyridine rings is 1. The molecule has 0 aliphatic rings. The first kappa shape index (κ1) is 11.2. The molecular formula is C15H11BrN2. The third kappa shape index (κ3) is 2.09. The molecule has 2 aromatic carbocycles. The molecule has 0 saturated carbocycles. The number of halogens is 1. The summed E-state index contributed by atoms with van der Waals surface area (Å²) in [6.45, 7) is 0. The number of hydrogen-bond acceptors (Lipinski definition) is 2. The largest absolute Gasteiger partial charge is 0.339 e.